The van der Waals surface area contributed by atoms with Gasteiger partial charge in [0.05, 0.1) is 21.8 Å². The number of carbonyl (C=O) groups is 1. The Hall–Kier alpha value is -3.45. The Kier molecular flexibility index (Phi) is 6.10. The number of nitrogens with one attached hydrogen (secondary N) is 1. The first-order valence-corrected chi connectivity index (χ1v) is 10.1. The molecular formula is C24H18ClF3N2O2. The van der Waals surface area contributed by atoms with E-state index in [-0.39, 0.29) is 17.3 Å². The summed E-state index contributed by atoms with van der Waals surface area (Å²) < 4.78 is 46.5. The van der Waals surface area contributed by atoms with Gasteiger partial charge in [-0.1, -0.05) is 48.0 Å². The van der Waals surface area contributed by atoms with Crippen LogP contribution in [-0.4, -0.2) is 10.5 Å². The van der Waals surface area contributed by atoms with Gasteiger partial charge in [-0.15, -0.1) is 0 Å². The molecule has 4 rings (SSSR count). The minimum Gasteiger partial charge on any atom is -0.488 e. The standard InChI is InChI=1S/C24H18ClF3N2O2/c25-19-10-9-17(24(26,27)28)13-20(19)29-23(31)14-30-12-11-18-21(30)7-4-8-22(18)32-15-16-5-2-1-3-6-16/h1-13H,14-15H2,(H,29,31). The molecule has 0 radical (unpaired) electrons. The van der Waals surface area contributed by atoms with Crippen molar-refractivity contribution in [3.63, 3.8) is 0 Å². The Morgan fingerprint density at radius 1 is 1.00 bits per heavy atom. The van der Waals surface area contributed by atoms with Gasteiger partial charge in [-0.25, -0.2) is 0 Å². The summed E-state index contributed by atoms with van der Waals surface area (Å²) >= 11 is 5.97. The lowest BCUT2D eigenvalue weighted by Gasteiger charge is -2.12. The Labute approximate surface area is 187 Å². The first-order valence-electron chi connectivity index (χ1n) is 9.72. The molecule has 0 saturated heterocycles. The lowest BCUT2D eigenvalue weighted by molar-refractivity contribution is -0.137. The molecule has 4 nitrogen and oxygen atoms in total. The molecule has 0 aliphatic heterocycles. The third kappa shape index (κ3) is 4.89. The number of fused-ring (bicyclic) bond motifs is 1. The quantitative estimate of drug-likeness (QED) is 0.357. The number of hydrogen-bond donors (Lipinski definition) is 1. The first-order chi connectivity index (χ1) is 15.3. The average molecular weight is 459 g/mol. The van der Waals surface area contributed by atoms with Crippen LogP contribution in [0.4, 0.5) is 18.9 Å². The van der Waals surface area contributed by atoms with E-state index in [9.17, 15) is 18.0 Å². The molecular weight excluding hydrogens is 441 g/mol. The van der Waals surface area contributed by atoms with Gasteiger partial charge in [0.15, 0.2) is 0 Å². The molecule has 1 heterocycles. The van der Waals surface area contributed by atoms with Crippen LogP contribution in [0.5, 0.6) is 5.75 Å². The van der Waals surface area contributed by atoms with Crippen molar-refractivity contribution >= 4 is 34.1 Å². The molecule has 0 unspecified atom stereocenters. The summed E-state index contributed by atoms with van der Waals surface area (Å²) in [5, 5.41) is 3.32. The highest BCUT2D eigenvalue weighted by molar-refractivity contribution is 6.33. The number of benzene rings is 3. The number of carbonyl (C=O) groups excluding carboxylic acids is 1. The summed E-state index contributed by atoms with van der Waals surface area (Å²) in [6, 6.07) is 19.9. The van der Waals surface area contributed by atoms with Gasteiger partial charge in [0.2, 0.25) is 5.91 Å². The van der Waals surface area contributed by atoms with Crippen LogP contribution in [0.1, 0.15) is 11.1 Å². The topological polar surface area (TPSA) is 43.3 Å². The van der Waals surface area contributed by atoms with Crippen molar-refractivity contribution in [3.8, 4) is 5.75 Å². The van der Waals surface area contributed by atoms with E-state index in [1.807, 2.05) is 54.6 Å². The fraction of sp³-hybridized carbons (Fsp3) is 0.125. The summed E-state index contributed by atoms with van der Waals surface area (Å²) in [4.78, 5) is 12.5. The Morgan fingerprint density at radius 2 is 1.78 bits per heavy atom. The van der Waals surface area contributed by atoms with Gasteiger partial charge in [-0.2, -0.15) is 13.2 Å². The van der Waals surface area contributed by atoms with Gasteiger partial charge in [-0.05, 0) is 42.0 Å². The van der Waals surface area contributed by atoms with Crippen molar-refractivity contribution in [1.82, 2.24) is 4.57 Å². The van der Waals surface area contributed by atoms with E-state index in [4.69, 9.17) is 16.3 Å². The summed E-state index contributed by atoms with van der Waals surface area (Å²) in [6.45, 7) is 0.303. The second kappa shape index (κ2) is 8.96. The molecule has 1 N–H and O–H groups in total. The van der Waals surface area contributed by atoms with Gasteiger partial charge in [0, 0.05) is 11.6 Å². The number of amides is 1. The van der Waals surface area contributed by atoms with Gasteiger partial charge >= 0.3 is 6.18 Å². The highest BCUT2D eigenvalue weighted by Gasteiger charge is 2.31. The molecule has 32 heavy (non-hydrogen) atoms. The molecule has 0 aliphatic carbocycles. The molecule has 8 heteroatoms. The predicted octanol–water partition coefficient (Wildman–Crippen LogP) is 6.53. The zero-order valence-corrected chi connectivity index (χ0v) is 17.5. The van der Waals surface area contributed by atoms with Crippen LogP contribution in [0, 0.1) is 0 Å². The summed E-state index contributed by atoms with van der Waals surface area (Å²) in [7, 11) is 0. The number of aromatic nitrogens is 1. The van der Waals surface area contributed by atoms with E-state index in [2.05, 4.69) is 5.32 Å². The van der Waals surface area contributed by atoms with Crippen LogP contribution >= 0.6 is 11.6 Å². The molecule has 4 aromatic rings. The second-order valence-electron chi connectivity index (χ2n) is 7.15. The number of alkyl halides is 3. The summed E-state index contributed by atoms with van der Waals surface area (Å²) in [5.41, 5.74) is 0.820. The molecule has 0 fully saturated rings. The molecule has 1 amide bonds. The van der Waals surface area contributed by atoms with Gasteiger partial charge in [0.25, 0.3) is 0 Å². The molecule has 0 bridgehead atoms. The third-order valence-corrected chi connectivity index (χ3v) is 5.22. The zero-order valence-electron chi connectivity index (χ0n) is 16.7. The minimum atomic E-state index is -4.53. The number of anilines is 1. The lowest BCUT2D eigenvalue weighted by atomic mass is 10.2. The van der Waals surface area contributed by atoms with E-state index in [1.165, 1.54) is 0 Å². The predicted molar refractivity (Wildman–Crippen MR) is 118 cm³/mol. The Morgan fingerprint density at radius 3 is 2.53 bits per heavy atom. The van der Waals surface area contributed by atoms with Gasteiger partial charge in [0.1, 0.15) is 18.9 Å². The average Bonchev–Trinajstić information content (AvgIpc) is 3.17. The van der Waals surface area contributed by atoms with E-state index < -0.39 is 17.6 Å². The SMILES string of the molecule is O=C(Cn1ccc2c(OCc3ccccc3)cccc21)Nc1cc(C(F)(F)F)ccc1Cl. The molecule has 0 atom stereocenters. The van der Waals surface area contributed by atoms with E-state index in [0.29, 0.717) is 12.4 Å². The first kappa shape index (κ1) is 21.8. The van der Waals surface area contributed by atoms with Crippen LogP contribution < -0.4 is 10.1 Å². The van der Waals surface area contributed by atoms with E-state index in [0.717, 1.165) is 34.7 Å². The fourth-order valence-electron chi connectivity index (χ4n) is 3.34. The molecule has 164 valence electrons. The number of rotatable bonds is 6. The maximum atomic E-state index is 13.0. The largest absolute Gasteiger partial charge is 0.488 e. The van der Waals surface area contributed by atoms with Crippen LogP contribution in [0.15, 0.2) is 79.0 Å². The zero-order chi connectivity index (χ0) is 22.7. The molecule has 1 aromatic heterocycles. The number of nitrogens with zero attached hydrogens (tertiary/aromatic N) is 1. The van der Waals surface area contributed by atoms with Crippen molar-refractivity contribution in [3.05, 3.63) is 95.1 Å². The molecule has 0 aliphatic rings. The van der Waals surface area contributed by atoms with Crippen LogP contribution in [0.3, 0.4) is 0 Å². The van der Waals surface area contributed by atoms with Crippen molar-refractivity contribution in [1.29, 1.82) is 0 Å². The lowest BCUT2D eigenvalue weighted by Crippen LogP contribution is -2.19. The van der Waals surface area contributed by atoms with Gasteiger partial charge in [-0.3, -0.25) is 4.79 Å². The van der Waals surface area contributed by atoms with E-state index in [1.54, 1.807) is 10.8 Å². The number of hydrogen-bond acceptors (Lipinski definition) is 2. The fourth-order valence-corrected chi connectivity index (χ4v) is 3.50. The molecule has 0 spiro atoms. The Bertz CT molecular complexity index is 1250. The maximum Gasteiger partial charge on any atom is 0.416 e. The van der Waals surface area contributed by atoms with Crippen LogP contribution in [0.2, 0.25) is 5.02 Å². The summed E-state index contributed by atoms with van der Waals surface area (Å²) in [5.74, 6) is 0.172. The number of halogens is 4. The van der Waals surface area contributed by atoms with Crippen LogP contribution in [-0.2, 0) is 24.1 Å². The highest BCUT2D eigenvalue weighted by Crippen LogP contribution is 2.34. The molecule has 3 aromatic carbocycles. The minimum absolute atomic E-state index is 0.0281. The smallest absolute Gasteiger partial charge is 0.416 e. The monoisotopic (exact) mass is 458 g/mol. The van der Waals surface area contributed by atoms with Crippen molar-refractivity contribution in [2.24, 2.45) is 0 Å². The van der Waals surface area contributed by atoms with Gasteiger partial charge < -0.3 is 14.6 Å². The van der Waals surface area contributed by atoms with Crippen molar-refractivity contribution in [2.45, 2.75) is 19.3 Å². The summed E-state index contributed by atoms with van der Waals surface area (Å²) in [6.07, 6.45) is -2.80. The van der Waals surface area contributed by atoms with Crippen molar-refractivity contribution < 1.29 is 22.7 Å². The number of ether oxygens (including phenoxy) is 1. The third-order valence-electron chi connectivity index (χ3n) is 4.89. The van der Waals surface area contributed by atoms with Crippen LogP contribution in [0.25, 0.3) is 10.9 Å². The maximum absolute atomic E-state index is 13.0. The highest BCUT2D eigenvalue weighted by atomic mass is 35.5. The van der Waals surface area contributed by atoms with Crippen molar-refractivity contribution in [2.75, 3.05) is 5.32 Å². The normalized spacial score (nSPS) is 11.5. The molecule has 0 saturated carbocycles. The second-order valence-corrected chi connectivity index (χ2v) is 7.55. The Balaban J connectivity index is 1.50. The van der Waals surface area contributed by atoms with E-state index >= 15 is 0 Å².